The van der Waals surface area contributed by atoms with Crippen LogP contribution in [0.4, 0.5) is 0 Å². The van der Waals surface area contributed by atoms with Gasteiger partial charge in [-0.15, -0.1) is 0 Å². The molecule has 3 rings (SSSR count). The molecule has 0 radical (unpaired) electrons. The molecule has 0 N–H and O–H groups in total. The maximum atomic E-state index is 5.68. The highest BCUT2D eigenvalue weighted by atomic mass is 79.9. The number of hydrogen-bond acceptors (Lipinski definition) is 2. The summed E-state index contributed by atoms with van der Waals surface area (Å²) in [5, 5.41) is 0. The van der Waals surface area contributed by atoms with Crippen LogP contribution in [-0.4, -0.2) is 12.7 Å². The predicted molar refractivity (Wildman–Crippen MR) is 77.9 cm³/mol. The van der Waals surface area contributed by atoms with Gasteiger partial charge in [0.15, 0.2) is 0 Å². The molecule has 0 saturated carbocycles. The quantitative estimate of drug-likeness (QED) is 0.774. The number of halogens is 1. The Labute approximate surface area is 121 Å². The van der Waals surface area contributed by atoms with E-state index < -0.39 is 0 Å². The van der Waals surface area contributed by atoms with Crippen LogP contribution >= 0.6 is 15.9 Å². The van der Waals surface area contributed by atoms with Gasteiger partial charge in [0.2, 0.25) is 0 Å². The van der Waals surface area contributed by atoms with Crippen molar-refractivity contribution in [2.75, 3.05) is 6.61 Å². The lowest BCUT2D eigenvalue weighted by atomic mass is 10.1. The summed E-state index contributed by atoms with van der Waals surface area (Å²) in [5.41, 5.74) is 2.42. The van der Waals surface area contributed by atoms with Crippen LogP contribution in [0.15, 0.2) is 59.1 Å². The van der Waals surface area contributed by atoms with E-state index in [0.717, 1.165) is 4.47 Å². The first-order valence-electron chi connectivity index (χ1n) is 6.35. The van der Waals surface area contributed by atoms with Gasteiger partial charge in [-0.25, -0.2) is 0 Å². The van der Waals surface area contributed by atoms with Crippen molar-refractivity contribution in [1.82, 2.24) is 0 Å². The SMILES string of the molecule is Brc1ccc([C@@H]2O[C@H]2COCc2ccccc2)cc1. The summed E-state index contributed by atoms with van der Waals surface area (Å²) in [6.45, 7) is 1.30. The van der Waals surface area contributed by atoms with E-state index in [1.54, 1.807) is 0 Å². The molecule has 1 aliphatic heterocycles. The predicted octanol–water partition coefficient (Wildman–Crippen LogP) is 4.11. The molecule has 2 aromatic rings. The molecule has 0 bridgehead atoms. The van der Waals surface area contributed by atoms with Crippen LogP contribution in [0.5, 0.6) is 0 Å². The van der Waals surface area contributed by atoms with Crippen LogP contribution < -0.4 is 0 Å². The van der Waals surface area contributed by atoms with Gasteiger partial charge in [-0.1, -0.05) is 58.4 Å². The molecule has 0 aliphatic carbocycles. The molecule has 0 unspecified atom stereocenters. The zero-order valence-corrected chi connectivity index (χ0v) is 12.0. The summed E-state index contributed by atoms with van der Waals surface area (Å²) >= 11 is 3.43. The second-order valence-corrected chi connectivity index (χ2v) is 5.56. The molecule has 2 aromatic carbocycles. The molecule has 98 valence electrons. The van der Waals surface area contributed by atoms with Crippen molar-refractivity contribution in [3.05, 3.63) is 70.2 Å². The summed E-state index contributed by atoms with van der Waals surface area (Å²) in [7, 11) is 0. The summed E-state index contributed by atoms with van der Waals surface area (Å²) in [6, 6.07) is 18.5. The van der Waals surface area contributed by atoms with Crippen molar-refractivity contribution in [2.45, 2.75) is 18.8 Å². The maximum absolute atomic E-state index is 5.68. The minimum absolute atomic E-state index is 0.198. The summed E-state index contributed by atoms with van der Waals surface area (Å²) in [6.07, 6.45) is 0.397. The van der Waals surface area contributed by atoms with E-state index in [1.165, 1.54) is 11.1 Å². The molecule has 3 heteroatoms. The molecule has 1 heterocycles. The van der Waals surface area contributed by atoms with E-state index >= 15 is 0 Å². The van der Waals surface area contributed by atoms with Gasteiger partial charge in [-0.05, 0) is 23.3 Å². The van der Waals surface area contributed by atoms with Crippen LogP contribution in [0.2, 0.25) is 0 Å². The third-order valence-electron chi connectivity index (χ3n) is 3.17. The molecule has 2 nitrogen and oxygen atoms in total. The number of hydrogen-bond donors (Lipinski definition) is 0. The van der Waals surface area contributed by atoms with Crippen LogP contribution in [0, 0.1) is 0 Å². The monoisotopic (exact) mass is 318 g/mol. The van der Waals surface area contributed by atoms with E-state index in [2.05, 4.69) is 40.2 Å². The lowest BCUT2D eigenvalue weighted by molar-refractivity contribution is 0.104. The molecule has 19 heavy (non-hydrogen) atoms. The minimum Gasteiger partial charge on any atom is -0.374 e. The van der Waals surface area contributed by atoms with Crippen LogP contribution in [0.3, 0.4) is 0 Å². The van der Waals surface area contributed by atoms with Gasteiger partial charge in [0, 0.05) is 4.47 Å². The van der Waals surface area contributed by atoms with Crippen molar-refractivity contribution in [1.29, 1.82) is 0 Å². The van der Waals surface area contributed by atoms with Crippen molar-refractivity contribution in [2.24, 2.45) is 0 Å². The Balaban J connectivity index is 1.45. The molecular formula is C16H15BrO2. The van der Waals surface area contributed by atoms with Gasteiger partial charge < -0.3 is 9.47 Å². The molecule has 1 aliphatic rings. The smallest absolute Gasteiger partial charge is 0.112 e. The fourth-order valence-electron chi connectivity index (χ4n) is 2.08. The lowest BCUT2D eigenvalue weighted by Crippen LogP contribution is -2.02. The molecule has 1 fully saturated rings. The first-order valence-corrected chi connectivity index (χ1v) is 7.15. The summed E-state index contributed by atoms with van der Waals surface area (Å²) in [4.78, 5) is 0. The van der Waals surface area contributed by atoms with E-state index in [9.17, 15) is 0 Å². The molecule has 0 amide bonds. The van der Waals surface area contributed by atoms with Crippen LogP contribution in [0.1, 0.15) is 17.2 Å². The standard InChI is InChI=1S/C16H15BrO2/c17-14-8-6-13(7-9-14)16-15(19-16)11-18-10-12-4-2-1-3-5-12/h1-9,15-16H,10-11H2/t15-,16-/m0/s1. The zero-order valence-electron chi connectivity index (χ0n) is 10.5. The van der Waals surface area contributed by atoms with Gasteiger partial charge in [-0.3, -0.25) is 0 Å². The van der Waals surface area contributed by atoms with Crippen LogP contribution in [-0.2, 0) is 16.1 Å². The lowest BCUT2D eigenvalue weighted by Gasteiger charge is -2.02. The van der Waals surface area contributed by atoms with E-state index in [4.69, 9.17) is 9.47 Å². The average molecular weight is 319 g/mol. The molecule has 2 atom stereocenters. The summed E-state index contributed by atoms with van der Waals surface area (Å²) in [5.74, 6) is 0. The molecule has 0 aromatic heterocycles. The number of benzene rings is 2. The Bertz CT molecular complexity index is 524. The molecular weight excluding hydrogens is 304 g/mol. The van der Waals surface area contributed by atoms with Crippen LogP contribution in [0.25, 0.3) is 0 Å². The zero-order chi connectivity index (χ0) is 13.1. The minimum atomic E-state index is 0.198. The summed E-state index contributed by atoms with van der Waals surface area (Å²) < 4.78 is 12.4. The normalized spacial score (nSPS) is 21.3. The first kappa shape index (κ1) is 12.9. The van der Waals surface area contributed by atoms with Gasteiger partial charge in [0.25, 0.3) is 0 Å². The van der Waals surface area contributed by atoms with Crippen molar-refractivity contribution < 1.29 is 9.47 Å². The van der Waals surface area contributed by atoms with Gasteiger partial charge in [-0.2, -0.15) is 0 Å². The molecule has 0 spiro atoms. The first-order chi connectivity index (χ1) is 9.33. The van der Waals surface area contributed by atoms with E-state index in [1.807, 2.05) is 30.3 Å². The Hall–Kier alpha value is -1.16. The topological polar surface area (TPSA) is 21.8 Å². The second-order valence-electron chi connectivity index (χ2n) is 4.65. The Kier molecular flexibility index (Phi) is 3.97. The number of ether oxygens (including phenoxy) is 2. The number of epoxide rings is 1. The van der Waals surface area contributed by atoms with E-state index in [-0.39, 0.29) is 12.2 Å². The fraction of sp³-hybridized carbons (Fsp3) is 0.250. The average Bonchev–Trinajstić information content (AvgIpc) is 3.20. The van der Waals surface area contributed by atoms with Gasteiger partial charge >= 0.3 is 0 Å². The Morgan fingerprint density at radius 1 is 1.00 bits per heavy atom. The third-order valence-corrected chi connectivity index (χ3v) is 3.70. The largest absolute Gasteiger partial charge is 0.374 e. The third kappa shape index (κ3) is 3.44. The Morgan fingerprint density at radius 3 is 2.47 bits per heavy atom. The Morgan fingerprint density at radius 2 is 1.74 bits per heavy atom. The van der Waals surface area contributed by atoms with Gasteiger partial charge in [0.1, 0.15) is 12.2 Å². The fourth-order valence-corrected chi connectivity index (χ4v) is 2.35. The van der Waals surface area contributed by atoms with E-state index in [0.29, 0.717) is 13.2 Å². The highest BCUT2D eigenvalue weighted by Crippen LogP contribution is 2.39. The van der Waals surface area contributed by atoms with Crippen molar-refractivity contribution in [3.63, 3.8) is 0 Å². The van der Waals surface area contributed by atoms with Crippen molar-refractivity contribution >= 4 is 15.9 Å². The second kappa shape index (κ2) is 5.87. The maximum Gasteiger partial charge on any atom is 0.112 e. The highest BCUT2D eigenvalue weighted by Gasteiger charge is 2.40. The molecule has 1 saturated heterocycles. The van der Waals surface area contributed by atoms with Gasteiger partial charge in [0.05, 0.1) is 13.2 Å². The number of rotatable bonds is 5. The highest BCUT2D eigenvalue weighted by molar-refractivity contribution is 9.10. The van der Waals surface area contributed by atoms with Crippen molar-refractivity contribution in [3.8, 4) is 0 Å².